The Hall–Kier alpha value is 0.177. The fraction of sp³-hybridized carbons (Fsp3) is 1.00. The second-order valence-electron chi connectivity index (χ2n) is 0.927. The molecule has 0 aliphatic carbocycles. The van der Waals surface area contributed by atoms with Crippen LogP contribution in [0.1, 0.15) is 13.3 Å². The van der Waals surface area contributed by atoms with Gasteiger partial charge in [-0.05, 0) is 13.0 Å². The quantitative estimate of drug-likeness (QED) is 0.469. The molecule has 5 heavy (non-hydrogen) atoms. The minimum absolute atomic E-state index is 1.05. The molecule has 0 aliphatic heterocycles. The van der Waals surface area contributed by atoms with Crippen LogP contribution < -0.4 is 4.98 Å². The van der Waals surface area contributed by atoms with E-state index in [1.54, 1.807) is 0 Å². The third-order valence-electron chi connectivity index (χ3n) is 0.375. The molecule has 29 valence electrons. The van der Waals surface area contributed by atoms with E-state index in [9.17, 15) is 0 Å². The van der Waals surface area contributed by atoms with Gasteiger partial charge in [-0.1, -0.05) is 6.92 Å². The monoisotopic (exact) mass is 86.0 g/mol. The van der Waals surface area contributed by atoms with Crippen LogP contribution in [0.2, 0.25) is 0 Å². The molecule has 0 unspecified atom stereocenters. The fourth-order valence-electron chi connectivity index (χ4n) is 0.125. The number of rotatable bonds is 2. The van der Waals surface area contributed by atoms with Crippen LogP contribution in [0.5, 0.6) is 0 Å². The van der Waals surface area contributed by atoms with Crippen molar-refractivity contribution in [1.82, 2.24) is 4.98 Å². The zero-order valence-electron chi connectivity index (χ0n) is 3.41. The molecule has 0 saturated carbocycles. The summed E-state index contributed by atoms with van der Waals surface area (Å²) in [6.45, 7) is 3.17. The number of hydrogen-bond donors (Lipinski definition) is 1. The average Bonchev–Trinajstić information content (AvgIpc) is 1.41. The zero-order valence-corrected chi connectivity index (χ0v) is 4.41. The van der Waals surface area contributed by atoms with Crippen molar-refractivity contribution < 1.29 is 0 Å². The van der Waals surface area contributed by atoms with Gasteiger partial charge in [0.2, 0.25) is 0 Å². The summed E-state index contributed by atoms with van der Waals surface area (Å²) >= 11 is 0. The molecule has 1 N–H and O–H groups in total. The summed E-state index contributed by atoms with van der Waals surface area (Å²) in [6.07, 6.45) is 1.18. The molecule has 2 heteroatoms. The van der Waals surface area contributed by atoms with E-state index >= 15 is 0 Å². The Balaban J connectivity index is 2.19. The molecular weight excluding hydrogens is 78.1 g/mol. The summed E-state index contributed by atoms with van der Waals surface area (Å²) in [7, 11) is 3.10. The number of nitrogens with one attached hydrogen (secondary N) is 1. The predicted molar refractivity (Wildman–Crippen MR) is 24.0 cm³/mol. The lowest BCUT2D eigenvalue weighted by Crippen LogP contribution is -2.07. The van der Waals surface area contributed by atoms with Crippen LogP contribution in [-0.2, 0) is 0 Å². The van der Waals surface area contributed by atoms with Gasteiger partial charge in [-0.2, -0.15) is 0 Å². The van der Waals surface area contributed by atoms with Crippen molar-refractivity contribution in [2.45, 2.75) is 13.3 Å². The molecule has 0 aliphatic rings. The van der Waals surface area contributed by atoms with Gasteiger partial charge in [0, 0.05) is 0 Å². The molecule has 0 aromatic carbocycles. The third-order valence-corrected chi connectivity index (χ3v) is 0.625. The molecule has 0 spiro atoms. The van der Waals surface area contributed by atoms with Gasteiger partial charge in [0.15, 0.2) is 0 Å². The number of hydrogen-bond acceptors (Lipinski definition) is 1. The topological polar surface area (TPSA) is 12.0 Å². The lowest BCUT2D eigenvalue weighted by Gasteiger charge is -1.84. The maximum absolute atomic E-state index is 3.10. The molecule has 0 atom stereocenters. The van der Waals surface area contributed by atoms with Crippen LogP contribution >= 0.6 is 0 Å². The van der Waals surface area contributed by atoms with E-state index in [1.165, 1.54) is 6.42 Å². The molecule has 0 fully saturated rings. The Morgan fingerprint density at radius 2 is 2.40 bits per heavy atom. The van der Waals surface area contributed by atoms with Gasteiger partial charge >= 0.3 is 0 Å². The van der Waals surface area contributed by atoms with E-state index < -0.39 is 0 Å². The molecule has 0 aromatic heterocycles. The Morgan fingerprint density at radius 1 is 1.80 bits per heavy atom. The summed E-state index contributed by atoms with van der Waals surface area (Å²) in [4.78, 5) is 2.82. The first-order chi connectivity index (χ1) is 2.41. The van der Waals surface area contributed by atoms with E-state index in [4.69, 9.17) is 0 Å². The summed E-state index contributed by atoms with van der Waals surface area (Å²) in [6, 6.07) is 0. The van der Waals surface area contributed by atoms with E-state index in [-0.39, 0.29) is 0 Å². The standard InChI is InChI=1S/C3H8NSi/c1-2-3-4-5/h4H,2-3H2,1H3. The van der Waals surface area contributed by atoms with Crippen molar-refractivity contribution in [3.63, 3.8) is 0 Å². The van der Waals surface area contributed by atoms with Gasteiger partial charge in [0.25, 0.3) is 0 Å². The fourth-order valence-corrected chi connectivity index (χ4v) is 0.375. The first-order valence-corrected chi connectivity index (χ1v) is 2.31. The zero-order chi connectivity index (χ0) is 4.12. The molecule has 0 amide bonds. The van der Waals surface area contributed by atoms with Crippen molar-refractivity contribution in [3.05, 3.63) is 0 Å². The van der Waals surface area contributed by atoms with Crippen LogP contribution in [0.15, 0.2) is 0 Å². The SMILES string of the molecule is CCCN[Si]. The normalized spacial score (nSPS) is 8.40. The van der Waals surface area contributed by atoms with Crippen molar-refractivity contribution in [2.75, 3.05) is 6.54 Å². The average molecular weight is 86.2 g/mol. The third kappa shape index (κ3) is 4.18. The lowest BCUT2D eigenvalue weighted by atomic mass is 10.5. The molecular formula is C3H8NSi. The minimum Gasteiger partial charge on any atom is -0.341 e. The van der Waals surface area contributed by atoms with Crippen LogP contribution in [-0.4, -0.2) is 16.9 Å². The van der Waals surface area contributed by atoms with Gasteiger partial charge < -0.3 is 4.98 Å². The van der Waals surface area contributed by atoms with E-state index in [2.05, 4.69) is 22.3 Å². The van der Waals surface area contributed by atoms with Crippen molar-refractivity contribution in [2.24, 2.45) is 0 Å². The first-order valence-electron chi connectivity index (χ1n) is 1.81. The lowest BCUT2D eigenvalue weighted by molar-refractivity contribution is 0.868. The van der Waals surface area contributed by atoms with Crippen LogP contribution in [0.4, 0.5) is 0 Å². The molecule has 0 rings (SSSR count). The minimum atomic E-state index is 1.05. The molecule has 3 radical (unpaired) electrons. The highest BCUT2D eigenvalue weighted by atomic mass is 28.2. The summed E-state index contributed by atoms with van der Waals surface area (Å²) < 4.78 is 0. The van der Waals surface area contributed by atoms with Gasteiger partial charge in [-0.15, -0.1) is 0 Å². The smallest absolute Gasteiger partial charge is 0.140 e. The van der Waals surface area contributed by atoms with Crippen LogP contribution in [0.25, 0.3) is 0 Å². The van der Waals surface area contributed by atoms with Gasteiger partial charge in [0.1, 0.15) is 10.4 Å². The Morgan fingerprint density at radius 3 is 2.40 bits per heavy atom. The Kier molecular flexibility index (Phi) is 4.32. The van der Waals surface area contributed by atoms with Crippen LogP contribution in [0.3, 0.4) is 0 Å². The molecule has 0 saturated heterocycles. The molecule has 1 nitrogen and oxygen atoms in total. The predicted octanol–water partition coefficient (Wildman–Crippen LogP) is 0.0695. The molecule has 0 heterocycles. The van der Waals surface area contributed by atoms with Gasteiger partial charge in [0.05, 0.1) is 0 Å². The second kappa shape index (κ2) is 4.18. The summed E-state index contributed by atoms with van der Waals surface area (Å²) in [5, 5.41) is 0. The van der Waals surface area contributed by atoms with E-state index in [0.717, 1.165) is 6.54 Å². The maximum atomic E-state index is 3.10. The molecule has 0 bridgehead atoms. The first kappa shape index (κ1) is 5.18. The van der Waals surface area contributed by atoms with E-state index in [0.29, 0.717) is 0 Å². The van der Waals surface area contributed by atoms with Crippen molar-refractivity contribution in [3.8, 4) is 0 Å². The highest BCUT2D eigenvalue weighted by molar-refractivity contribution is 6.04. The van der Waals surface area contributed by atoms with Crippen molar-refractivity contribution >= 4 is 10.4 Å². The summed E-state index contributed by atoms with van der Waals surface area (Å²) in [5.74, 6) is 0. The highest BCUT2D eigenvalue weighted by Crippen LogP contribution is 1.61. The van der Waals surface area contributed by atoms with Crippen molar-refractivity contribution in [1.29, 1.82) is 0 Å². The molecule has 0 aromatic rings. The van der Waals surface area contributed by atoms with Gasteiger partial charge in [-0.3, -0.25) is 0 Å². The maximum Gasteiger partial charge on any atom is 0.140 e. The Bertz CT molecular complexity index is 14.4. The largest absolute Gasteiger partial charge is 0.341 e. The Labute approximate surface area is 36.3 Å². The highest BCUT2D eigenvalue weighted by Gasteiger charge is 1.65. The summed E-state index contributed by atoms with van der Waals surface area (Å²) in [5.41, 5.74) is 0. The van der Waals surface area contributed by atoms with Crippen LogP contribution in [0, 0.1) is 0 Å². The van der Waals surface area contributed by atoms with Gasteiger partial charge in [-0.25, -0.2) is 0 Å². The second-order valence-corrected chi connectivity index (χ2v) is 1.28. The van der Waals surface area contributed by atoms with E-state index in [1.807, 2.05) is 0 Å².